The molecular formula is C27H49F2NO16. The molecule has 0 amide bonds. The molecule has 46 heavy (non-hydrogen) atoms. The Bertz CT molecular complexity index is 938. The van der Waals surface area contributed by atoms with E-state index in [0.717, 1.165) is 0 Å². The fourth-order valence-electron chi connectivity index (χ4n) is 5.52. The first kappa shape index (κ1) is 39.6. The second kappa shape index (κ2) is 16.3. The Kier molecular flexibility index (Phi) is 14.0. The maximum atomic E-state index is 13.8. The molecule has 3 aliphatic heterocycles. The predicted octanol–water partition coefficient (Wildman–Crippen LogP) is -4.70. The van der Waals surface area contributed by atoms with Crippen molar-refractivity contribution in [2.75, 3.05) is 33.0 Å². The molecule has 3 heterocycles. The summed E-state index contributed by atoms with van der Waals surface area (Å²) in [5.41, 5.74) is 3.40. The first-order valence-electron chi connectivity index (χ1n) is 15.0. The largest absolute Gasteiger partial charge is 0.394 e. The van der Waals surface area contributed by atoms with E-state index in [1.807, 2.05) is 0 Å². The summed E-state index contributed by atoms with van der Waals surface area (Å²) in [5, 5.41) is 94.8. The van der Waals surface area contributed by atoms with Crippen molar-refractivity contribution in [2.24, 2.45) is 5.73 Å². The van der Waals surface area contributed by atoms with Crippen LogP contribution in [-0.2, 0) is 33.2 Å². The number of hydrogen-bond acceptors (Lipinski definition) is 17. The highest BCUT2D eigenvalue weighted by Crippen LogP contribution is 2.36. The van der Waals surface area contributed by atoms with Crippen LogP contribution in [0.1, 0.15) is 27.7 Å². The molecule has 0 spiro atoms. The first-order chi connectivity index (χ1) is 21.4. The summed E-state index contributed by atoms with van der Waals surface area (Å²) < 4.78 is 67.0. The lowest BCUT2D eigenvalue weighted by Crippen LogP contribution is -2.68. The number of aliphatic hydroxyl groups is 9. The third-order valence-electron chi connectivity index (χ3n) is 8.16. The topological polar surface area (TPSA) is 273 Å². The van der Waals surface area contributed by atoms with Crippen LogP contribution in [-0.4, -0.2) is 188 Å². The van der Waals surface area contributed by atoms with Crippen molar-refractivity contribution in [1.82, 2.24) is 0 Å². The standard InChI is InChI=1S/C27H49F2NO16/c1-10(2)41-22-17(37)14(34)11(5-31)44-25(22)46-21-16(36)13(7-33)43-24(19(21)39)45-20-15(35)12(6-32)42-23(18(20)38)26(3,4)40-9-27(28,29)8-30/h10-25,31-39H,5-9,30H2,1-4H3/t11?,12?,13?,14-,15-,16+,17?,18?,19?,20?,21?,22?,23+,24-,25-/m1/s1. The second-order valence-corrected chi connectivity index (χ2v) is 12.5. The highest BCUT2D eigenvalue weighted by molar-refractivity contribution is 5.01. The third kappa shape index (κ3) is 8.85. The van der Waals surface area contributed by atoms with Gasteiger partial charge in [0.05, 0.1) is 38.1 Å². The molecule has 11 N–H and O–H groups in total. The van der Waals surface area contributed by atoms with Crippen LogP contribution in [0, 0.1) is 0 Å². The van der Waals surface area contributed by atoms with Crippen LogP contribution >= 0.6 is 0 Å². The Balaban J connectivity index is 1.87. The van der Waals surface area contributed by atoms with Crippen LogP contribution < -0.4 is 5.73 Å². The van der Waals surface area contributed by atoms with Crippen LogP contribution in [0.15, 0.2) is 0 Å². The van der Waals surface area contributed by atoms with E-state index in [2.05, 4.69) is 0 Å². The van der Waals surface area contributed by atoms with Gasteiger partial charge in [0, 0.05) is 0 Å². The molecule has 3 rings (SSSR count). The average molecular weight is 682 g/mol. The lowest BCUT2D eigenvalue weighted by atomic mass is 9.86. The Labute approximate surface area is 264 Å². The fraction of sp³-hybridized carbons (Fsp3) is 1.00. The molecule has 0 aliphatic carbocycles. The Hall–Kier alpha value is -0.820. The van der Waals surface area contributed by atoms with Gasteiger partial charge in [-0.1, -0.05) is 0 Å². The molecule has 272 valence electrons. The number of hydrogen-bond donors (Lipinski definition) is 10. The number of halogens is 2. The molecule has 0 aromatic heterocycles. The van der Waals surface area contributed by atoms with Gasteiger partial charge in [-0.05, 0) is 27.7 Å². The molecule has 15 atom stereocenters. The molecule has 3 aliphatic rings. The van der Waals surface area contributed by atoms with Gasteiger partial charge in [0.2, 0.25) is 0 Å². The number of alkyl halides is 2. The van der Waals surface area contributed by atoms with Gasteiger partial charge in [-0.3, -0.25) is 0 Å². The number of nitrogens with two attached hydrogens (primary N) is 1. The molecule has 0 radical (unpaired) electrons. The molecule has 0 saturated carbocycles. The van der Waals surface area contributed by atoms with Crippen molar-refractivity contribution in [3.63, 3.8) is 0 Å². The van der Waals surface area contributed by atoms with Crippen LogP contribution in [0.2, 0.25) is 0 Å². The molecule has 0 bridgehead atoms. The van der Waals surface area contributed by atoms with E-state index in [-0.39, 0.29) is 0 Å². The van der Waals surface area contributed by atoms with E-state index < -0.39 is 143 Å². The summed E-state index contributed by atoms with van der Waals surface area (Å²) in [6.07, 6.45) is -25.2. The van der Waals surface area contributed by atoms with Crippen molar-refractivity contribution in [2.45, 2.75) is 137 Å². The smallest absolute Gasteiger partial charge is 0.282 e. The van der Waals surface area contributed by atoms with Crippen LogP contribution in [0.25, 0.3) is 0 Å². The highest BCUT2D eigenvalue weighted by Gasteiger charge is 2.56. The molecule has 0 aromatic carbocycles. The lowest BCUT2D eigenvalue weighted by molar-refractivity contribution is -0.380. The first-order valence-corrected chi connectivity index (χ1v) is 15.0. The maximum absolute atomic E-state index is 13.8. The molecule has 3 saturated heterocycles. The van der Waals surface area contributed by atoms with Crippen molar-refractivity contribution in [1.29, 1.82) is 0 Å². The molecule has 9 unspecified atom stereocenters. The highest BCUT2D eigenvalue weighted by atomic mass is 19.3. The maximum Gasteiger partial charge on any atom is 0.282 e. The van der Waals surface area contributed by atoms with E-state index in [4.69, 9.17) is 38.9 Å². The zero-order valence-corrected chi connectivity index (χ0v) is 26.0. The minimum absolute atomic E-state index is 0.531. The fourth-order valence-corrected chi connectivity index (χ4v) is 5.52. The van der Waals surface area contributed by atoms with Gasteiger partial charge in [0.15, 0.2) is 12.6 Å². The SMILES string of the molecule is CC(C)OC1C(O)[C@H](O)C(CO)O[C@@H]1OC1C(O)[C@@H](OC2C(O)[C@@H](C(C)(C)OCC(F)(F)CN)OC(CO)[C@H]2O)OC(CO)[C@@H]1O. The Morgan fingerprint density at radius 2 is 1.15 bits per heavy atom. The quantitative estimate of drug-likeness (QED) is 0.0825. The van der Waals surface area contributed by atoms with Crippen molar-refractivity contribution < 1.29 is 87.9 Å². The van der Waals surface area contributed by atoms with Gasteiger partial charge >= 0.3 is 0 Å². The van der Waals surface area contributed by atoms with E-state index in [9.17, 15) is 54.7 Å². The Morgan fingerprint density at radius 1 is 0.674 bits per heavy atom. The second-order valence-electron chi connectivity index (χ2n) is 12.5. The summed E-state index contributed by atoms with van der Waals surface area (Å²) in [4.78, 5) is 0. The van der Waals surface area contributed by atoms with E-state index in [1.54, 1.807) is 13.8 Å². The summed E-state index contributed by atoms with van der Waals surface area (Å²) in [6.45, 7) is 1.30. The van der Waals surface area contributed by atoms with Crippen LogP contribution in [0.5, 0.6) is 0 Å². The van der Waals surface area contributed by atoms with Crippen molar-refractivity contribution in [3.05, 3.63) is 0 Å². The number of rotatable bonds is 14. The number of ether oxygens (including phenoxy) is 7. The van der Waals surface area contributed by atoms with Crippen LogP contribution in [0.4, 0.5) is 8.78 Å². The third-order valence-corrected chi connectivity index (χ3v) is 8.16. The van der Waals surface area contributed by atoms with Crippen molar-refractivity contribution in [3.8, 4) is 0 Å². The van der Waals surface area contributed by atoms with Crippen LogP contribution in [0.3, 0.4) is 0 Å². The van der Waals surface area contributed by atoms with Gasteiger partial charge < -0.3 is 84.9 Å². The summed E-state index contributed by atoms with van der Waals surface area (Å²) >= 11 is 0. The summed E-state index contributed by atoms with van der Waals surface area (Å²) in [7, 11) is 0. The summed E-state index contributed by atoms with van der Waals surface area (Å²) in [5.74, 6) is -3.41. The van der Waals surface area contributed by atoms with Gasteiger partial charge in [0.25, 0.3) is 5.92 Å². The van der Waals surface area contributed by atoms with Gasteiger partial charge in [-0.15, -0.1) is 0 Å². The minimum Gasteiger partial charge on any atom is -0.394 e. The molecule has 3 fully saturated rings. The zero-order valence-electron chi connectivity index (χ0n) is 26.0. The lowest BCUT2D eigenvalue weighted by Gasteiger charge is -2.50. The minimum atomic E-state index is -3.41. The normalized spacial score (nSPS) is 42.8. The molecular weight excluding hydrogens is 632 g/mol. The van der Waals surface area contributed by atoms with E-state index in [1.165, 1.54) is 13.8 Å². The average Bonchev–Trinajstić information content (AvgIpc) is 3.00. The molecule has 0 aromatic rings. The molecule has 17 nitrogen and oxygen atoms in total. The van der Waals surface area contributed by atoms with Crippen molar-refractivity contribution >= 4 is 0 Å². The predicted molar refractivity (Wildman–Crippen MR) is 147 cm³/mol. The molecule has 19 heteroatoms. The Morgan fingerprint density at radius 3 is 1.67 bits per heavy atom. The number of aliphatic hydroxyl groups excluding tert-OH is 9. The zero-order chi connectivity index (χ0) is 34.7. The summed E-state index contributed by atoms with van der Waals surface area (Å²) in [6, 6.07) is 0. The van der Waals surface area contributed by atoms with Gasteiger partial charge in [-0.2, -0.15) is 0 Å². The van der Waals surface area contributed by atoms with Gasteiger partial charge in [-0.25, -0.2) is 8.78 Å². The van der Waals surface area contributed by atoms with Gasteiger partial charge in [0.1, 0.15) is 86.0 Å². The monoisotopic (exact) mass is 681 g/mol. The van der Waals surface area contributed by atoms with E-state index >= 15 is 0 Å². The van der Waals surface area contributed by atoms with E-state index in [0.29, 0.717) is 0 Å².